The summed E-state index contributed by atoms with van der Waals surface area (Å²) in [5, 5.41) is 0.874. The second-order valence-electron chi connectivity index (χ2n) is 7.88. The first kappa shape index (κ1) is 21.8. The third-order valence-electron chi connectivity index (χ3n) is 5.80. The maximum absolute atomic E-state index is 13.0. The summed E-state index contributed by atoms with van der Waals surface area (Å²) in [7, 11) is 0. The summed E-state index contributed by atoms with van der Waals surface area (Å²) in [6, 6.07) is 12.9. The van der Waals surface area contributed by atoms with E-state index in [0.29, 0.717) is 23.7 Å². The summed E-state index contributed by atoms with van der Waals surface area (Å²) in [6.45, 7) is 8.30. The topological polar surface area (TPSA) is 90.7 Å². The lowest BCUT2D eigenvalue weighted by Gasteiger charge is -2.20. The molecule has 4 rings (SSSR count). The number of fused-ring (bicyclic) bond motifs is 1. The van der Waals surface area contributed by atoms with Gasteiger partial charge in [-0.05, 0) is 50.2 Å². The highest BCUT2D eigenvalue weighted by atomic mass is 16.4. The Bertz CT molecular complexity index is 1100. The fraction of sp³-hybridized carbons (Fsp3) is 0.375. The Kier molecular flexibility index (Phi) is 6.70. The van der Waals surface area contributed by atoms with Crippen LogP contribution in [0, 0.1) is 0 Å². The predicted octanol–water partition coefficient (Wildman–Crippen LogP) is 3.34. The number of hydrogen-bond acceptors (Lipinski definition) is 6. The van der Waals surface area contributed by atoms with E-state index in [2.05, 4.69) is 34.5 Å². The van der Waals surface area contributed by atoms with Gasteiger partial charge in [0.15, 0.2) is 5.76 Å². The lowest BCUT2D eigenvalue weighted by molar-refractivity contribution is 0.0829. The normalized spacial score (nSPS) is 13.7. The Morgan fingerprint density at radius 1 is 1.03 bits per heavy atom. The Morgan fingerprint density at radius 2 is 1.75 bits per heavy atom. The van der Waals surface area contributed by atoms with E-state index < -0.39 is 11.8 Å². The van der Waals surface area contributed by atoms with Crippen molar-refractivity contribution in [3.63, 3.8) is 0 Å². The maximum atomic E-state index is 13.0. The van der Waals surface area contributed by atoms with Gasteiger partial charge in [-0.3, -0.25) is 25.3 Å². The van der Waals surface area contributed by atoms with Gasteiger partial charge >= 0.3 is 5.91 Å². The van der Waals surface area contributed by atoms with Gasteiger partial charge in [0, 0.05) is 18.5 Å². The molecule has 2 N–H and O–H groups in total. The van der Waals surface area contributed by atoms with Gasteiger partial charge in [-0.2, -0.15) is 0 Å². The number of anilines is 1. The van der Waals surface area contributed by atoms with E-state index in [1.807, 2.05) is 30.3 Å². The summed E-state index contributed by atoms with van der Waals surface area (Å²) < 4.78 is 5.65. The fourth-order valence-corrected chi connectivity index (χ4v) is 3.94. The number of hydrazine groups is 1. The Hall–Kier alpha value is -3.39. The fourth-order valence-electron chi connectivity index (χ4n) is 3.94. The number of carbonyl (C=O) groups is 2. The molecular weight excluding hydrogens is 406 g/mol. The molecule has 2 amide bonds. The zero-order valence-electron chi connectivity index (χ0n) is 18.6. The molecule has 0 saturated carbocycles. The number of rotatable bonds is 7. The van der Waals surface area contributed by atoms with E-state index >= 15 is 0 Å². The van der Waals surface area contributed by atoms with Crippen molar-refractivity contribution in [1.29, 1.82) is 0 Å². The van der Waals surface area contributed by atoms with Crippen LogP contribution in [0.1, 0.15) is 53.4 Å². The van der Waals surface area contributed by atoms with E-state index in [-0.39, 0.29) is 5.76 Å². The number of pyridine rings is 1. The van der Waals surface area contributed by atoms with Gasteiger partial charge in [-0.25, -0.2) is 4.98 Å². The van der Waals surface area contributed by atoms with E-state index in [4.69, 9.17) is 9.40 Å². The van der Waals surface area contributed by atoms with Crippen LogP contribution >= 0.6 is 0 Å². The van der Waals surface area contributed by atoms with Crippen LogP contribution in [0.5, 0.6) is 0 Å². The smallest absolute Gasteiger partial charge is 0.305 e. The van der Waals surface area contributed by atoms with E-state index in [0.717, 1.165) is 49.9 Å². The first-order valence-corrected chi connectivity index (χ1v) is 11.2. The molecule has 1 saturated heterocycles. The van der Waals surface area contributed by atoms with E-state index in [1.165, 1.54) is 0 Å². The molecule has 1 aliphatic heterocycles. The Labute approximate surface area is 187 Å². The van der Waals surface area contributed by atoms with Crippen molar-refractivity contribution in [2.24, 2.45) is 0 Å². The number of para-hydroxylation sites is 1. The number of nitrogens with zero attached hydrogens (tertiary/aromatic N) is 3. The molecule has 8 heteroatoms. The molecule has 0 spiro atoms. The van der Waals surface area contributed by atoms with Crippen LogP contribution in [0.3, 0.4) is 0 Å². The van der Waals surface area contributed by atoms with Crippen LogP contribution in [0.15, 0.2) is 46.9 Å². The van der Waals surface area contributed by atoms with Crippen molar-refractivity contribution >= 4 is 28.5 Å². The van der Waals surface area contributed by atoms with Crippen molar-refractivity contribution in [3.05, 3.63) is 59.5 Å². The molecule has 168 valence electrons. The van der Waals surface area contributed by atoms with E-state index in [9.17, 15) is 9.59 Å². The van der Waals surface area contributed by atoms with Crippen LogP contribution in [0.2, 0.25) is 0 Å². The number of aromatic nitrogens is 1. The molecule has 32 heavy (non-hydrogen) atoms. The molecule has 3 aromatic rings. The molecule has 1 fully saturated rings. The minimum absolute atomic E-state index is 0.156. The molecule has 1 aromatic carbocycles. The van der Waals surface area contributed by atoms with Crippen LogP contribution < -0.4 is 15.8 Å². The SMILES string of the molecule is CCN(CC)Cc1ccc(C(=O)NNC(=O)c2cc3ccccc3nc2N2CCCC2)o1. The molecular formula is C24H29N5O3. The zero-order valence-corrected chi connectivity index (χ0v) is 18.6. The molecule has 0 aliphatic carbocycles. The highest BCUT2D eigenvalue weighted by Crippen LogP contribution is 2.26. The first-order chi connectivity index (χ1) is 15.6. The molecule has 0 unspecified atom stereocenters. The van der Waals surface area contributed by atoms with Gasteiger partial charge in [0.1, 0.15) is 11.6 Å². The third kappa shape index (κ3) is 4.75. The average Bonchev–Trinajstić information content (AvgIpc) is 3.52. The molecule has 0 radical (unpaired) electrons. The predicted molar refractivity (Wildman–Crippen MR) is 123 cm³/mol. The number of nitrogens with one attached hydrogen (secondary N) is 2. The standard InChI is InChI=1S/C24H29N5O3/c1-3-28(4-2)16-18-11-12-21(32-18)24(31)27-26-23(30)19-15-17-9-5-6-10-20(17)25-22(19)29-13-7-8-14-29/h5-6,9-12,15H,3-4,7-8,13-14,16H2,1-2H3,(H,26,30)(H,27,31). The van der Waals surface area contributed by atoms with Gasteiger partial charge in [0.25, 0.3) is 5.91 Å². The molecule has 1 aliphatic rings. The first-order valence-electron chi connectivity index (χ1n) is 11.2. The second-order valence-corrected chi connectivity index (χ2v) is 7.88. The minimum Gasteiger partial charge on any atom is -0.454 e. The summed E-state index contributed by atoms with van der Waals surface area (Å²) >= 11 is 0. The van der Waals surface area contributed by atoms with Crippen molar-refractivity contribution in [2.45, 2.75) is 33.2 Å². The summed E-state index contributed by atoms with van der Waals surface area (Å²) in [5.74, 6) is 0.602. The molecule has 0 atom stereocenters. The molecule has 0 bridgehead atoms. The maximum Gasteiger partial charge on any atom is 0.305 e. The van der Waals surface area contributed by atoms with Crippen LogP contribution in [0.4, 0.5) is 5.82 Å². The third-order valence-corrected chi connectivity index (χ3v) is 5.80. The van der Waals surface area contributed by atoms with Gasteiger partial charge in [0.2, 0.25) is 0 Å². The number of carbonyl (C=O) groups excluding carboxylic acids is 2. The van der Waals surface area contributed by atoms with Crippen molar-refractivity contribution in [1.82, 2.24) is 20.7 Å². The molecule has 8 nitrogen and oxygen atoms in total. The largest absolute Gasteiger partial charge is 0.454 e. The second kappa shape index (κ2) is 9.82. The van der Waals surface area contributed by atoms with Crippen molar-refractivity contribution in [3.8, 4) is 0 Å². The quantitative estimate of drug-likeness (QED) is 0.553. The highest BCUT2D eigenvalue weighted by Gasteiger charge is 2.23. The van der Waals surface area contributed by atoms with Crippen LogP contribution in [-0.2, 0) is 6.54 Å². The molecule has 2 aromatic heterocycles. The van der Waals surface area contributed by atoms with Gasteiger partial charge in [-0.1, -0.05) is 32.0 Å². The van der Waals surface area contributed by atoms with Crippen LogP contribution in [0.25, 0.3) is 10.9 Å². The average molecular weight is 436 g/mol. The Balaban J connectivity index is 1.47. The number of amides is 2. The van der Waals surface area contributed by atoms with E-state index in [1.54, 1.807) is 12.1 Å². The molecule has 3 heterocycles. The highest BCUT2D eigenvalue weighted by molar-refractivity contribution is 6.03. The number of benzene rings is 1. The summed E-state index contributed by atoms with van der Waals surface area (Å²) in [6.07, 6.45) is 2.14. The van der Waals surface area contributed by atoms with Gasteiger partial charge in [0.05, 0.1) is 17.6 Å². The summed E-state index contributed by atoms with van der Waals surface area (Å²) in [5.41, 5.74) is 6.26. The Morgan fingerprint density at radius 3 is 2.50 bits per heavy atom. The zero-order chi connectivity index (χ0) is 22.5. The summed E-state index contributed by atoms with van der Waals surface area (Å²) in [4.78, 5) is 34.6. The minimum atomic E-state index is -0.499. The number of hydrogen-bond donors (Lipinski definition) is 2. The van der Waals surface area contributed by atoms with Gasteiger partial charge in [-0.15, -0.1) is 0 Å². The van der Waals surface area contributed by atoms with Crippen LogP contribution in [-0.4, -0.2) is 47.9 Å². The van der Waals surface area contributed by atoms with Gasteiger partial charge < -0.3 is 9.32 Å². The monoisotopic (exact) mass is 435 g/mol. The van der Waals surface area contributed by atoms with Crippen molar-refractivity contribution in [2.75, 3.05) is 31.1 Å². The lowest BCUT2D eigenvalue weighted by Crippen LogP contribution is -2.42. The number of furan rings is 1. The lowest BCUT2D eigenvalue weighted by atomic mass is 10.1. The van der Waals surface area contributed by atoms with Crippen molar-refractivity contribution < 1.29 is 14.0 Å².